The molecule has 3 nitrogen and oxygen atoms in total. The Kier molecular flexibility index (Phi) is 4.18. The standard InChI is InChI=1S/C10H18F3N3/c1-2-7-4-3-5-16(7)6-8(9(14)15)10(11,12)13/h7-8H,2-6H2,1H3,(H3,14,15). The lowest BCUT2D eigenvalue weighted by Gasteiger charge is -2.28. The van der Waals surface area contributed by atoms with Gasteiger partial charge in [0.25, 0.3) is 0 Å². The van der Waals surface area contributed by atoms with Crippen LogP contribution in [-0.2, 0) is 0 Å². The Morgan fingerprint density at radius 3 is 2.62 bits per heavy atom. The van der Waals surface area contributed by atoms with E-state index in [4.69, 9.17) is 11.1 Å². The van der Waals surface area contributed by atoms with Crippen molar-refractivity contribution in [1.82, 2.24) is 4.90 Å². The second kappa shape index (κ2) is 5.03. The molecule has 0 aromatic heterocycles. The van der Waals surface area contributed by atoms with Gasteiger partial charge in [-0.05, 0) is 25.8 Å². The van der Waals surface area contributed by atoms with E-state index in [9.17, 15) is 13.2 Å². The molecular formula is C10H18F3N3. The maximum Gasteiger partial charge on any atom is 0.399 e. The number of halogens is 3. The molecule has 0 aliphatic carbocycles. The lowest BCUT2D eigenvalue weighted by Crippen LogP contribution is -2.45. The van der Waals surface area contributed by atoms with Crippen LogP contribution in [0.4, 0.5) is 13.2 Å². The number of nitrogens with zero attached hydrogens (tertiary/aromatic N) is 1. The molecule has 0 radical (unpaired) electrons. The van der Waals surface area contributed by atoms with Crippen molar-refractivity contribution in [2.24, 2.45) is 11.7 Å². The molecule has 1 aliphatic rings. The summed E-state index contributed by atoms with van der Waals surface area (Å²) in [6.45, 7) is 2.48. The summed E-state index contributed by atoms with van der Waals surface area (Å²) >= 11 is 0. The van der Waals surface area contributed by atoms with Crippen LogP contribution < -0.4 is 5.73 Å². The normalized spacial score (nSPS) is 24.6. The van der Waals surface area contributed by atoms with Gasteiger partial charge in [0.05, 0.1) is 0 Å². The van der Waals surface area contributed by atoms with Gasteiger partial charge in [-0.25, -0.2) is 0 Å². The SMILES string of the molecule is CCC1CCCN1CC(C(=N)N)C(F)(F)F. The van der Waals surface area contributed by atoms with E-state index in [1.807, 2.05) is 6.92 Å². The van der Waals surface area contributed by atoms with Crippen LogP contribution in [0.2, 0.25) is 0 Å². The zero-order valence-electron chi connectivity index (χ0n) is 9.35. The number of likely N-dealkylation sites (tertiary alicyclic amines) is 1. The van der Waals surface area contributed by atoms with Crippen LogP contribution in [0.3, 0.4) is 0 Å². The highest BCUT2D eigenvalue weighted by Gasteiger charge is 2.43. The van der Waals surface area contributed by atoms with Gasteiger partial charge >= 0.3 is 6.18 Å². The fraction of sp³-hybridized carbons (Fsp3) is 0.900. The molecule has 94 valence electrons. The Bertz CT molecular complexity index is 252. The van der Waals surface area contributed by atoms with E-state index < -0.39 is 17.9 Å². The highest BCUT2D eigenvalue weighted by molar-refractivity contribution is 5.80. The Labute approximate surface area is 93.3 Å². The summed E-state index contributed by atoms with van der Waals surface area (Å²) < 4.78 is 37.8. The molecule has 1 rings (SSSR count). The minimum Gasteiger partial charge on any atom is -0.387 e. The second-order valence-corrected chi connectivity index (χ2v) is 4.25. The molecule has 6 heteroatoms. The summed E-state index contributed by atoms with van der Waals surface area (Å²) in [7, 11) is 0. The number of nitrogens with two attached hydrogens (primary N) is 1. The van der Waals surface area contributed by atoms with Crippen molar-refractivity contribution in [3.8, 4) is 0 Å². The number of rotatable bonds is 4. The van der Waals surface area contributed by atoms with Crippen LogP contribution in [0.15, 0.2) is 0 Å². The molecule has 0 saturated carbocycles. The van der Waals surface area contributed by atoms with E-state index in [0.717, 1.165) is 19.3 Å². The summed E-state index contributed by atoms with van der Waals surface area (Å²) in [6, 6.07) is 0.212. The lowest BCUT2D eigenvalue weighted by molar-refractivity contribution is -0.160. The fourth-order valence-corrected chi connectivity index (χ4v) is 2.21. The Morgan fingerprint density at radius 1 is 1.56 bits per heavy atom. The average Bonchev–Trinajstić information content (AvgIpc) is 2.58. The van der Waals surface area contributed by atoms with Crippen LogP contribution in [0.5, 0.6) is 0 Å². The van der Waals surface area contributed by atoms with Crippen LogP contribution >= 0.6 is 0 Å². The third-order valence-corrected chi connectivity index (χ3v) is 3.16. The molecule has 1 saturated heterocycles. The van der Waals surface area contributed by atoms with Gasteiger partial charge in [-0.2, -0.15) is 13.2 Å². The number of nitrogens with one attached hydrogen (secondary N) is 1. The Morgan fingerprint density at radius 2 is 2.19 bits per heavy atom. The van der Waals surface area contributed by atoms with Crippen LogP contribution in [-0.4, -0.2) is 36.0 Å². The largest absolute Gasteiger partial charge is 0.399 e. The summed E-state index contributed by atoms with van der Waals surface area (Å²) in [5.74, 6) is -2.60. The average molecular weight is 237 g/mol. The molecule has 2 atom stereocenters. The molecule has 0 amide bonds. The van der Waals surface area contributed by atoms with Gasteiger partial charge in [0.15, 0.2) is 0 Å². The molecule has 0 aromatic carbocycles. The van der Waals surface area contributed by atoms with Crippen molar-refractivity contribution in [3.05, 3.63) is 0 Å². The predicted molar refractivity (Wildman–Crippen MR) is 56.3 cm³/mol. The van der Waals surface area contributed by atoms with Crippen LogP contribution in [0.1, 0.15) is 26.2 Å². The maximum atomic E-state index is 12.6. The van der Waals surface area contributed by atoms with Crippen molar-refractivity contribution in [1.29, 1.82) is 5.41 Å². The lowest BCUT2D eigenvalue weighted by atomic mass is 10.1. The van der Waals surface area contributed by atoms with Crippen molar-refractivity contribution in [2.45, 2.75) is 38.4 Å². The molecule has 16 heavy (non-hydrogen) atoms. The highest BCUT2D eigenvalue weighted by Crippen LogP contribution is 2.30. The van der Waals surface area contributed by atoms with E-state index in [0.29, 0.717) is 6.54 Å². The molecule has 0 bridgehead atoms. The van der Waals surface area contributed by atoms with Gasteiger partial charge in [0.2, 0.25) is 0 Å². The fourth-order valence-electron chi connectivity index (χ4n) is 2.21. The zero-order valence-corrected chi connectivity index (χ0v) is 9.35. The quantitative estimate of drug-likeness (QED) is 0.580. The van der Waals surface area contributed by atoms with Gasteiger partial charge < -0.3 is 5.73 Å². The molecule has 0 spiro atoms. The Hall–Kier alpha value is -0.780. The van der Waals surface area contributed by atoms with E-state index in [2.05, 4.69) is 0 Å². The van der Waals surface area contributed by atoms with Crippen molar-refractivity contribution in [3.63, 3.8) is 0 Å². The van der Waals surface area contributed by atoms with Crippen LogP contribution in [0, 0.1) is 11.3 Å². The summed E-state index contributed by atoms with van der Waals surface area (Å²) in [5, 5.41) is 7.03. The molecule has 1 fully saturated rings. The number of hydrogen-bond acceptors (Lipinski definition) is 2. The zero-order chi connectivity index (χ0) is 12.3. The molecule has 0 aromatic rings. The molecule has 2 unspecified atom stereocenters. The summed E-state index contributed by atoms with van der Waals surface area (Å²) in [6.07, 6.45) is -1.69. The van der Waals surface area contributed by atoms with E-state index in [1.165, 1.54) is 0 Å². The van der Waals surface area contributed by atoms with Gasteiger partial charge in [0.1, 0.15) is 11.8 Å². The minimum atomic E-state index is -4.41. The Balaban J connectivity index is 2.65. The smallest absolute Gasteiger partial charge is 0.387 e. The predicted octanol–water partition coefficient (Wildman–Crippen LogP) is 1.98. The first kappa shape index (κ1) is 13.3. The third kappa shape index (κ3) is 3.10. The van der Waals surface area contributed by atoms with Crippen molar-refractivity contribution in [2.75, 3.05) is 13.1 Å². The van der Waals surface area contributed by atoms with Gasteiger partial charge in [-0.1, -0.05) is 6.92 Å². The van der Waals surface area contributed by atoms with Gasteiger partial charge in [0, 0.05) is 12.6 Å². The monoisotopic (exact) mass is 237 g/mol. The topological polar surface area (TPSA) is 53.1 Å². The first-order valence-electron chi connectivity index (χ1n) is 5.51. The molecule has 1 aliphatic heterocycles. The number of hydrogen-bond donors (Lipinski definition) is 2. The van der Waals surface area contributed by atoms with E-state index >= 15 is 0 Å². The highest BCUT2D eigenvalue weighted by atomic mass is 19.4. The second-order valence-electron chi connectivity index (χ2n) is 4.25. The molecular weight excluding hydrogens is 219 g/mol. The van der Waals surface area contributed by atoms with Crippen molar-refractivity contribution < 1.29 is 13.2 Å². The van der Waals surface area contributed by atoms with Gasteiger partial charge in [-0.3, -0.25) is 10.3 Å². The molecule has 3 N–H and O–H groups in total. The summed E-state index contributed by atoms with van der Waals surface area (Å²) in [4.78, 5) is 1.81. The van der Waals surface area contributed by atoms with E-state index in [1.54, 1.807) is 4.90 Å². The first-order chi connectivity index (χ1) is 7.36. The minimum absolute atomic E-state index is 0.169. The van der Waals surface area contributed by atoms with Crippen LogP contribution in [0.25, 0.3) is 0 Å². The van der Waals surface area contributed by atoms with Gasteiger partial charge in [-0.15, -0.1) is 0 Å². The number of alkyl halides is 3. The maximum absolute atomic E-state index is 12.6. The third-order valence-electron chi connectivity index (χ3n) is 3.16. The summed E-state index contributed by atoms with van der Waals surface area (Å²) in [5.41, 5.74) is 5.02. The molecule has 1 heterocycles. The first-order valence-corrected chi connectivity index (χ1v) is 5.51. The number of amidine groups is 1. The van der Waals surface area contributed by atoms with E-state index in [-0.39, 0.29) is 12.6 Å². The van der Waals surface area contributed by atoms with Crippen molar-refractivity contribution >= 4 is 5.84 Å².